The number of hydrogen-bond donors (Lipinski definition) is 1. The minimum absolute atomic E-state index is 0.401. The number of para-hydroxylation sites is 1. The second-order valence-corrected chi connectivity index (χ2v) is 4.83. The lowest BCUT2D eigenvalue weighted by atomic mass is 10.2. The standard InChI is InChI=1S/C15H22N2O/c1-12-10-17(9-8-16-13(2)11-18-3)15-7-5-4-6-14(12)15/h4-7,10,13,16H,8-9,11H2,1-3H3. The number of benzene rings is 1. The smallest absolute Gasteiger partial charge is 0.0613 e. The van der Waals surface area contributed by atoms with Gasteiger partial charge in [-0.3, -0.25) is 0 Å². The maximum atomic E-state index is 5.11. The number of aromatic nitrogens is 1. The first-order chi connectivity index (χ1) is 8.72. The van der Waals surface area contributed by atoms with Gasteiger partial charge in [-0.1, -0.05) is 18.2 Å². The molecule has 0 bridgehead atoms. The van der Waals surface area contributed by atoms with E-state index in [2.05, 4.69) is 54.2 Å². The maximum Gasteiger partial charge on any atom is 0.0613 e. The third kappa shape index (κ3) is 2.92. The van der Waals surface area contributed by atoms with Gasteiger partial charge in [-0.15, -0.1) is 0 Å². The molecule has 0 fully saturated rings. The molecule has 3 heteroatoms. The van der Waals surface area contributed by atoms with E-state index in [1.807, 2.05) is 0 Å². The summed E-state index contributed by atoms with van der Waals surface area (Å²) in [5, 5.41) is 4.81. The van der Waals surface area contributed by atoms with E-state index in [1.165, 1.54) is 16.5 Å². The Morgan fingerprint density at radius 1 is 1.33 bits per heavy atom. The van der Waals surface area contributed by atoms with Crippen molar-refractivity contribution in [2.24, 2.45) is 0 Å². The number of aryl methyl sites for hydroxylation is 1. The van der Waals surface area contributed by atoms with Crippen LogP contribution in [-0.4, -0.2) is 30.9 Å². The molecule has 0 aliphatic heterocycles. The highest BCUT2D eigenvalue weighted by molar-refractivity contribution is 5.83. The van der Waals surface area contributed by atoms with Gasteiger partial charge in [0.2, 0.25) is 0 Å². The zero-order valence-corrected chi connectivity index (χ0v) is 11.4. The van der Waals surface area contributed by atoms with E-state index < -0.39 is 0 Å². The number of fused-ring (bicyclic) bond motifs is 1. The summed E-state index contributed by atoms with van der Waals surface area (Å²) in [7, 11) is 1.74. The van der Waals surface area contributed by atoms with Gasteiger partial charge in [0.25, 0.3) is 0 Å². The van der Waals surface area contributed by atoms with Crippen LogP contribution in [0.1, 0.15) is 12.5 Å². The molecule has 1 aromatic carbocycles. The van der Waals surface area contributed by atoms with Crippen molar-refractivity contribution in [2.75, 3.05) is 20.3 Å². The number of rotatable bonds is 6. The summed E-state index contributed by atoms with van der Waals surface area (Å²) in [4.78, 5) is 0. The number of hydrogen-bond acceptors (Lipinski definition) is 2. The molecule has 0 aliphatic carbocycles. The lowest BCUT2D eigenvalue weighted by Crippen LogP contribution is -2.32. The van der Waals surface area contributed by atoms with Gasteiger partial charge < -0.3 is 14.6 Å². The molecule has 1 heterocycles. The van der Waals surface area contributed by atoms with Crippen molar-refractivity contribution >= 4 is 10.9 Å². The number of nitrogens with zero attached hydrogens (tertiary/aromatic N) is 1. The van der Waals surface area contributed by atoms with Crippen LogP contribution in [-0.2, 0) is 11.3 Å². The molecule has 0 spiro atoms. The average molecular weight is 246 g/mol. The van der Waals surface area contributed by atoms with Gasteiger partial charge >= 0.3 is 0 Å². The van der Waals surface area contributed by atoms with Crippen molar-refractivity contribution in [3.8, 4) is 0 Å². The van der Waals surface area contributed by atoms with Crippen LogP contribution in [0.25, 0.3) is 10.9 Å². The number of nitrogens with one attached hydrogen (secondary N) is 1. The molecule has 1 atom stereocenters. The van der Waals surface area contributed by atoms with Gasteiger partial charge in [0.05, 0.1) is 6.61 Å². The van der Waals surface area contributed by atoms with Crippen LogP contribution in [0.3, 0.4) is 0 Å². The summed E-state index contributed by atoms with van der Waals surface area (Å²) in [5.41, 5.74) is 2.66. The van der Waals surface area contributed by atoms with Crippen LogP contribution in [0.15, 0.2) is 30.5 Å². The molecule has 2 rings (SSSR count). The Hall–Kier alpha value is -1.32. The first-order valence-corrected chi connectivity index (χ1v) is 6.49. The van der Waals surface area contributed by atoms with Crippen LogP contribution in [0.5, 0.6) is 0 Å². The van der Waals surface area contributed by atoms with Crippen LogP contribution < -0.4 is 5.32 Å². The van der Waals surface area contributed by atoms with Crippen LogP contribution in [0.2, 0.25) is 0 Å². The number of methoxy groups -OCH3 is 1. The van der Waals surface area contributed by atoms with E-state index >= 15 is 0 Å². The summed E-state index contributed by atoms with van der Waals surface area (Å²) >= 11 is 0. The highest BCUT2D eigenvalue weighted by Gasteiger charge is 2.05. The first kappa shape index (κ1) is 13.1. The minimum atomic E-state index is 0.401. The predicted octanol–water partition coefficient (Wildman–Crippen LogP) is 2.57. The minimum Gasteiger partial charge on any atom is -0.383 e. The lowest BCUT2D eigenvalue weighted by Gasteiger charge is -2.13. The molecular formula is C15H22N2O. The van der Waals surface area contributed by atoms with Crippen molar-refractivity contribution in [3.05, 3.63) is 36.0 Å². The third-order valence-electron chi connectivity index (χ3n) is 3.25. The zero-order chi connectivity index (χ0) is 13.0. The fourth-order valence-electron chi connectivity index (χ4n) is 2.36. The molecule has 3 nitrogen and oxygen atoms in total. The molecule has 0 saturated heterocycles. The second kappa shape index (κ2) is 6.03. The highest BCUT2D eigenvalue weighted by atomic mass is 16.5. The topological polar surface area (TPSA) is 26.2 Å². The van der Waals surface area contributed by atoms with Crippen molar-refractivity contribution in [3.63, 3.8) is 0 Å². The molecule has 0 aliphatic rings. The van der Waals surface area contributed by atoms with E-state index in [4.69, 9.17) is 4.74 Å². The van der Waals surface area contributed by atoms with Crippen LogP contribution in [0, 0.1) is 6.92 Å². The van der Waals surface area contributed by atoms with Gasteiger partial charge in [0.1, 0.15) is 0 Å². The van der Waals surface area contributed by atoms with E-state index in [0.717, 1.165) is 19.7 Å². The third-order valence-corrected chi connectivity index (χ3v) is 3.25. The summed E-state index contributed by atoms with van der Waals surface area (Å²) in [6.07, 6.45) is 2.23. The summed E-state index contributed by atoms with van der Waals surface area (Å²) in [6, 6.07) is 8.96. The van der Waals surface area contributed by atoms with Gasteiger partial charge in [0, 0.05) is 43.3 Å². The molecule has 1 N–H and O–H groups in total. The predicted molar refractivity (Wildman–Crippen MR) is 76.0 cm³/mol. The molecule has 0 amide bonds. The van der Waals surface area contributed by atoms with Gasteiger partial charge in [-0.25, -0.2) is 0 Å². The maximum absolute atomic E-state index is 5.11. The molecule has 0 radical (unpaired) electrons. The molecule has 2 aromatic rings. The normalized spacial score (nSPS) is 13.1. The van der Waals surface area contributed by atoms with Crippen LogP contribution in [0.4, 0.5) is 0 Å². The molecule has 98 valence electrons. The van der Waals surface area contributed by atoms with E-state index in [0.29, 0.717) is 6.04 Å². The van der Waals surface area contributed by atoms with Gasteiger partial charge in [-0.05, 0) is 25.5 Å². The average Bonchev–Trinajstić information content (AvgIpc) is 2.68. The van der Waals surface area contributed by atoms with Crippen molar-refractivity contribution in [1.29, 1.82) is 0 Å². The summed E-state index contributed by atoms with van der Waals surface area (Å²) < 4.78 is 7.43. The number of ether oxygens (including phenoxy) is 1. The first-order valence-electron chi connectivity index (χ1n) is 6.49. The largest absolute Gasteiger partial charge is 0.383 e. The Balaban J connectivity index is 2.00. The fraction of sp³-hybridized carbons (Fsp3) is 0.467. The van der Waals surface area contributed by atoms with Gasteiger partial charge in [-0.2, -0.15) is 0 Å². The Labute approximate surface area is 109 Å². The van der Waals surface area contributed by atoms with Crippen molar-refractivity contribution in [2.45, 2.75) is 26.4 Å². The van der Waals surface area contributed by atoms with E-state index in [9.17, 15) is 0 Å². The zero-order valence-electron chi connectivity index (χ0n) is 11.4. The Morgan fingerprint density at radius 3 is 2.89 bits per heavy atom. The quantitative estimate of drug-likeness (QED) is 0.848. The van der Waals surface area contributed by atoms with Crippen LogP contribution >= 0.6 is 0 Å². The SMILES string of the molecule is COCC(C)NCCn1cc(C)c2ccccc21. The molecular weight excluding hydrogens is 224 g/mol. The van der Waals surface area contributed by atoms with E-state index in [-0.39, 0.29) is 0 Å². The molecule has 0 saturated carbocycles. The van der Waals surface area contributed by atoms with Crippen molar-refractivity contribution in [1.82, 2.24) is 9.88 Å². The lowest BCUT2D eigenvalue weighted by molar-refractivity contribution is 0.172. The Kier molecular flexibility index (Phi) is 4.39. The second-order valence-electron chi connectivity index (χ2n) is 4.83. The fourth-order valence-corrected chi connectivity index (χ4v) is 2.36. The molecule has 1 unspecified atom stereocenters. The molecule has 1 aromatic heterocycles. The Bertz CT molecular complexity index is 504. The summed E-state index contributed by atoms with van der Waals surface area (Å²) in [6.45, 7) is 7.01. The Morgan fingerprint density at radius 2 is 2.11 bits per heavy atom. The van der Waals surface area contributed by atoms with Crippen molar-refractivity contribution < 1.29 is 4.74 Å². The monoisotopic (exact) mass is 246 g/mol. The summed E-state index contributed by atoms with van der Waals surface area (Å²) in [5.74, 6) is 0. The molecule has 18 heavy (non-hydrogen) atoms. The van der Waals surface area contributed by atoms with Gasteiger partial charge in [0.15, 0.2) is 0 Å². The van der Waals surface area contributed by atoms with E-state index in [1.54, 1.807) is 7.11 Å². The highest BCUT2D eigenvalue weighted by Crippen LogP contribution is 2.19.